The van der Waals surface area contributed by atoms with E-state index in [1.54, 1.807) is 30.3 Å². The molecule has 0 fully saturated rings. The third kappa shape index (κ3) is 8.46. The number of ether oxygens (including phenoxy) is 1. The van der Waals surface area contributed by atoms with Gasteiger partial charge in [0.15, 0.2) is 26.3 Å². The molecule has 4 nitrogen and oxygen atoms in total. The predicted octanol–water partition coefficient (Wildman–Crippen LogP) is 7.14. The summed E-state index contributed by atoms with van der Waals surface area (Å²) in [5, 5.41) is -4.54. The predicted molar refractivity (Wildman–Crippen MR) is 151 cm³/mol. The number of benzene rings is 4. The summed E-state index contributed by atoms with van der Waals surface area (Å²) in [6.07, 6.45) is 0.109. The van der Waals surface area contributed by atoms with E-state index >= 15 is 0 Å². The highest BCUT2D eigenvalue weighted by Crippen LogP contribution is 2.32. The minimum Gasteiger partial charge on any atom is -0.479 e. The molecule has 198 valence electrons. The number of thiocarbonyl (C=S) groups is 1. The molecule has 0 unspecified atom stereocenters. The second kappa shape index (κ2) is 13.6. The summed E-state index contributed by atoms with van der Waals surface area (Å²) in [4.78, 5) is 4.14. The Kier molecular flexibility index (Phi) is 10.6. The van der Waals surface area contributed by atoms with E-state index in [-0.39, 0.29) is 22.4 Å². The number of aryl methyl sites for hydroxylation is 1. The number of rotatable bonds is 8. The average Bonchev–Trinajstić information content (AvgIpc) is 2.90. The van der Waals surface area contributed by atoms with Crippen LogP contribution in [0.3, 0.4) is 0 Å². The maximum atomic E-state index is 12.8. The molecule has 0 aliphatic rings. The van der Waals surface area contributed by atoms with Gasteiger partial charge in [0.05, 0.1) is 10.9 Å². The van der Waals surface area contributed by atoms with Crippen molar-refractivity contribution in [1.82, 2.24) is 0 Å². The van der Waals surface area contributed by atoms with Gasteiger partial charge >= 0.3 is 15.4 Å². The maximum absolute atomic E-state index is 12.8. The number of hydrogen-bond acceptors (Lipinski definition) is 4. The van der Waals surface area contributed by atoms with E-state index in [1.165, 1.54) is 20.2 Å². The van der Waals surface area contributed by atoms with Crippen molar-refractivity contribution in [2.24, 2.45) is 0 Å². The largest absolute Gasteiger partial charge is 0.479 e. The lowest BCUT2D eigenvalue weighted by atomic mass is 10.2. The van der Waals surface area contributed by atoms with E-state index in [0.717, 1.165) is 5.56 Å². The van der Waals surface area contributed by atoms with Crippen molar-refractivity contribution in [2.45, 2.75) is 33.3 Å². The van der Waals surface area contributed by atoms with Gasteiger partial charge in [-0.15, -0.1) is 0 Å². The van der Waals surface area contributed by atoms with Gasteiger partial charge in [0, 0.05) is 12.0 Å². The van der Waals surface area contributed by atoms with Crippen molar-refractivity contribution in [1.29, 1.82) is 0 Å². The molecule has 0 radical (unpaired) electrons. The summed E-state index contributed by atoms with van der Waals surface area (Å²) < 4.78 is 59.0. The smallest absolute Gasteiger partial charge is 0.402 e. The Morgan fingerprint density at radius 3 is 1.74 bits per heavy atom. The third-order valence-electron chi connectivity index (χ3n) is 5.24. The van der Waals surface area contributed by atoms with Gasteiger partial charge in [-0.3, -0.25) is 4.55 Å². The molecular weight excluding hydrogens is 547 g/mol. The van der Waals surface area contributed by atoms with E-state index in [4.69, 9.17) is 16.8 Å². The van der Waals surface area contributed by atoms with Crippen LogP contribution in [0.4, 0.5) is 8.78 Å². The zero-order valence-electron chi connectivity index (χ0n) is 20.5. The summed E-state index contributed by atoms with van der Waals surface area (Å²) >= 11 is 4.69. The average molecular weight is 574 g/mol. The first-order chi connectivity index (χ1) is 18.1. The minimum absolute atomic E-state index is 0.0262. The van der Waals surface area contributed by atoms with E-state index in [2.05, 4.69) is 96.6 Å². The van der Waals surface area contributed by atoms with Crippen LogP contribution in [0.15, 0.2) is 130 Å². The molecule has 9 heteroatoms. The number of alkyl halides is 2. The molecule has 0 spiro atoms. The van der Waals surface area contributed by atoms with Gasteiger partial charge in [-0.1, -0.05) is 84.9 Å². The SMILES string of the molecule is Cc1ccccc1[S+](c1ccccc1)c1ccccc1.O=S(=O)(O)C(F)(F)COC(=S)Cc1ccccc1. The fraction of sp³-hybridized carbons (Fsp3) is 0.138. The molecular formula is C29H27F2O4S3+. The first-order valence-corrected chi connectivity index (χ1v) is 14.6. The summed E-state index contributed by atoms with van der Waals surface area (Å²) in [7, 11) is -5.52. The van der Waals surface area contributed by atoms with Crippen molar-refractivity contribution >= 4 is 38.3 Å². The van der Waals surface area contributed by atoms with E-state index in [9.17, 15) is 17.2 Å². The normalized spacial score (nSPS) is 11.4. The molecule has 4 rings (SSSR count). The van der Waals surface area contributed by atoms with Gasteiger partial charge in [-0.2, -0.15) is 17.2 Å². The number of halogens is 2. The molecule has 0 heterocycles. The highest BCUT2D eigenvalue weighted by Gasteiger charge is 2.45. The Morgan fingerprint density at radius 1 is 0.816 bits per heavy atom. The fourth-order valence-corrected chi connectivity index (χ4v) is 6.02. The number of hydrogen-bond donors (Lipinski definition) is 1. The first kappa shape index (κ1) is 29.4. The molecule has 38 heavy (non-hydrogen) atoms. The summed E-state index contributed by atoms with van der Waals surface area (Å²) in [6, 6.07) is 38.9. The molecule has 0 aliphatic heterocycles. The third-order valence-corrected chi connectivity index (χ3v) is 8.76. The highest BCUT2D eigenvalue weighted by molar-refractivity contribution is 7.97. The van der Waals surface area contributed by atoms with Crippen molar-refractivity contribution < 1.29 is 26.5 Å². The Bertz CT molecular complexity index is 1380. The standard InChI is InChI=1S/C19H17S.C10H10F2O4S2/c1-16-10-8-9-15-19(16)20(17-11-4-2-5-12-17)18-13-6-3-7-14-18;11-10(12,18(13,14)15)7-16-9(17)6-8-4-2-1-3-5-8/h2-15H,1H3;1-5H,6-7H2,(H,13,14,15)/q+1;. The highest BCUT2D eigenvalue weighted by atomic mass is 32.2. The van der Waals surface area contributed by atoms with Gasteiger partial charge in [-0.25, -0.2) is 0 Å². The van der Waals surface area contributed by atoms with Crippen LogP contribution in [0.1, 0.15) is 11.1 Å². The van der Waals surface area contributed by atoms with Crippen molar-refractivity contribution in [3.63, 3.8) is 0 Å². The van der Waals surface area contributed by atoms with Gasteiger partial charge in [0.25, 0.3) is 0 Å². The Morgan fingerprint density at radius 2 is 1.26 bits per heavy atom. The molecule has 4 aromatic rings. The molecule has 0 aromatic heterocycles. The van der Waals surface area contributed by atoms with Crippen LogP contribution in [0.2, 0.25) is 0 Å². The van der Waals surface area contributed by atoms with Crippen molar-refractivity contribution in [3.8, 4) is 0 Å². The van der Waals surface area contributed by atoms with Crippen LogP contribution in [0.5, 0.6) is 0 Å². The van der Waals surface area contributed by atoms with Crippen LogP contribution < -0.4 is 0 Å². The Labute approximate surface area is 230 Å². The molecule has 0 aliphatic carbocycles. The van der Waals surface area contributed by atoms with E-state index < -0.39 is 22.0 Å². The van der Waals surface area contributed by atoms with Crippen molar-refractivity contribution in [3.05, 3.63) is 126 Å². The van der Waals surface area contributed by atoms with E-state index in [1.807, 2.05) is 0 Å². The summed E-state index contributed by atoms with van der Waals surface area (Å²) in [5.41, 5.74) is 2.10. The summed E-state index contributed by atoms with van der Waals surface area (Å²) in [6.45, 7) is 0.693. The second-order valence-electron chi connectivity index (χ2n) is 8.13. The lowest BCUT2D eigenvalue weighted by Gasteiger charge is -2.14. The van der Waals surface area contributed by atoms with Crippen LogP contribution in [-0.4, -0.2) is 29.9 Å². The van der Waals surface area contributed by atoms with Gasteiger partial charge in [0.2, 0.25) is 0 Å². The molecule has 0 saturated carbocycles. The monoisotopic (exact) mass is 573 g/mol. The lowest BCUT2D eigenvalue weighted by Crippen LogP contribution is -2.34. The molecule has 0 bridgehead atoms. The summed E-state index contributed by atoms with van der Waals surface area (Å²) in [5.74, 6) is 0. The first-order valence-electron chi connectivity index (χ1n) is 11.5. The molecule has 4 aromatic carbocycles. The molecule has 0 saturated heterocycles. The molecule has 0 amide bonds. The fourth-order valence-electron chi connectivity index (χ4n) is 3.34. The second-order valence-corrected chi connectivity index (χ2v) is 12.1. The van der Waals surface area contributed by atoms with Crippen LogP contribution >= 0.6 is 12.2 Å². The van der Waals surface area contributed by atoms with Gasteiger partial charge in [0.1, 0.15) is 0 Å². The van der Waals surface area contributed by atoms with Crippen LogP contribution in [0, 0.1) is 6.92 Å². The minimum atomic E-state index is -5.49. The van der Waals surface area contributed by atoms with E-state index in [0.29, 0.717) is 0 Å². The lowest BCUT2D eigenvalue weighted by molar-refractivity contribution is 0.0248. The molecule has 1 N–H and O–H groups in total. The van der Waals surface area contributed by atoms with Crippen molar-refractivity contribution in [2.75, 3.05) is 6.61 Å². The van der Waals surface area contributed by atoms with Gasteiger partial charge < -0.3 is 4.74 Å². The molecule has 0 atom stereocenters. The van der Waals surface area contributed by atoms with Crippen LogP contribution in [-0.2, 0) is 32.2 Å². The quantitative estimate of drug-likeness (QED) is 0.138. The maximum Gasteiger partial charge on any atom is 0.402 e. The zero-order chi connectivity index (χ0) is 27.6. The Balaban J connectivity index is 0.000000212. The topological polar surface area (TPSA) is 63.6 Å². The Hall–Kier alpha value is -3.11. The zero-order valence-corrected chi connectivity index (χ0v) is 23.0. The van der Waals surface area contributed by atoms with Crippen LogP contribution in [0.25, 0.3) is 0 Å². The van der Waals surface area contributed by atoms with Gasteiger partial charge in [-0.05, 0) is 55.0 Å².